The molecule has 0 aromatic heterocycles. The van der Waals surface area contributed by atoms with Crippen LogP contribution in [-0.2, 0) is 13.0 Å². The number of fused-ring (bicyclic) bond motifs is 2. The van der Waals surface area contributed by atoms with Gasteiger partial charge < -0.3 is 15.5 Å². The molecule has 0 bridgehead atoms. The number of hydrogen-bond acceptors (Lipinski definition) is 2. The Balaban J connectivity index is 1.43. The molecule has 0 spiro atoms. The molecule has 0 saturated carbocycles. The molecule has 0 atom stereocenters. The van der Waals surface area contributed by atoms with Crippen molar-refractivity contribution in [2.75, 3.05) is 23.3 Å². The summed E-state index contributed by atoms with van der Waals surface area (Å²) < 4.78 is 0. The molecule has 0 unspecified atom stereocenters. The van der Waals surface area contributed by atoms with Crippen molar-refractivity contribution in [1.82, 2.24) is 5.32 Å². The standard InChI is InChI=1S/C25H29N3S/c1-25(2,3)17-26-24(29)27-22-10-11-23-21(15-22)12-13-28(23)16-18-8-9-19-6-4-5-7-20(19)14-18/h4-11,14-15H,12-13,16-17H2,1-3H3,(H2,26,27,29). The van der Waals surface area contributed by atoms with Gasteiger partial charge in [0.05, 0.1) is 0 Å². The highest BCUT2D eigenvalue weighted by Crippen LogP contribution is 2.32. The molecule has 0 fully saturated rings. The molecular formula is C25H29N3S. The Kier molecular flexibility index (Phi) is 5.46. The second-order valence-electron chi connectivity index (χ2n) is 9.06. The number of rotatable bonds is 4. The zero-order chi connectivity index (χ0) is 20.4. The monoisotopic (exact) mass is 403 g/mol. The number of nitrogens with zero attached hydrogens (tertiary/aromatic N) is 1. The van der Waals surface area contributed by atoms with Crippen LogP contribution in [0.1, 0.15) is 31.9 Å². The summed E-state index contributed by atoms with van der Waals surface area (Å²) in [6, 6.07) is 21.9. The van der Waals surface area contributed by atoms with E-state index in [4.69, 9.17) is 12.2 Å². The molecule has 3 aromatic carbocycles. The van der Waals surface area contributed by atoms with Crippen molar-refractivity contribution in [3.63, 3.8) is 0 Å². The molecule has 3 aromatic rings. The van der Waals surface area contributed by atoms with E-state index in [0.29, 0.717) is 5.11 Å². The summed E-state index contributed by atoms with van der Waals surface area (Å²) in [5.41, 5.74) is 5.33. The molecule has 2 N–H and O–H groups in total. The third-order valence-electron chi connectivity index (χ3n) is 5.30. The van der Waals surface area contributed by atoms with Crippen LogP contribution in [0.2, 0.25) is 0 Å². The van der Waals surface area contributed by atoms with Crippen LogP contribution in [0.25, 0.3) is 10.8 Å². The van der Waals surface area contributed by atoms with Gasteiger partial charge in [-0.2, -0.15) is 0 Å². The quantitative estimate of drug-likeness (QED) is 0.544. The Morgan fingerprint density at radius 1 is 1.00 bits per heavy atom. The van der Waals surface area contributed by atoms with Gasteiger partial charge >= 0.3 is 0 Å². The van der Waals surface area contributed by atoms with Crippen LogP contribution in [0.15, 0.2) is 60.7 Å². The van der Waals surface area contributed by atoms with Gasteiger partial charge in [-0.15, -0.1) is 0 Å². The van der Waals surface area contributed by atoms with E-state index in [1.54, 1.807) is 0 Å². The fourth-order valence-corrected chi connectivity index (χ4v) is 3.98. The van der Waals surface area contributed by atoms with E-state index < -0.39 is 0 Å². The Labute approximate surface area is 179 Å². The van der Waals surface area contributed by atoms with Crippen molar-refractivity contribution in [3.8, 4) is 0 Å². The van der Waals surface area contributed by atoms with E-state index in [9.17, 15) is 0 Å². The maximum atomic E-state index is 5.45. The highest BCUT2D eigenvalue weighted by molar-refractivity contribution is 7.80. The Morgan fingerprint density at radius 2 is 1.79 bits per heavy atom. The van der Waals surface area contributed by atoms with Gasteiger partial charge in [0.1, 0.15) is 0 Å². The molecule has 0 saturated heterocycles. The van der Waals surface area contributed by atoms with E-state index in [0.717, 1.165) is 31.7 Å². The second kappa shape index (κ2) is 8.03. The summed E-state index contributed by atoms with van der Waals surface area (Å²) >= 11 is 5.45. The topological polar surface area (TPSA) is 27.3 Å². The maximum Gasteiger partial charge on any atom is 0.170 e. The molecule has 4 rings (SSSR count). The van der Waals surface area contributed by atoms with Crippen LogP contribution in [0.5, 0.6) is 0 Å². The second-order valence-corrected chi connectivity index (χ2v) is 9.47. The van der Waals surface area contributed by atoms with Crippen LogP contribution in [0, 0.1) is 5.41 Å². The average Bonchev–Trinajstić information content (AvgIpc) is 3.08. The zero-order valence-electron chi connectivity index (χ0n) is 17.5. The van der Waals surface area contributed by atoms with Gasteiger partial charge in [0.2, 0.25) is 0 Å². The Bertz CT molecular complexity index is 1040. The minimum absolute atomic E-state index is 0.201. The number of nitrogens with one attached hydrogen (secondary N) is 2. The van der Waals surface area contributed by atoms with E-state index >= 15 is 0 Å². The number of thiocarbonyl (C=S) groups is 1. The fraction of sp³-hybridized carbons (Fsp3) is 0.320. The largest absolute Gasteiger partial charge is 0.367 e. The highest BCUT2D eigenvalue weighted by atomic mass is 32.1. The third kappa shape index (κ3) is 4.88. The highest BCUT2D eigenvalue weighted by Gasteiger charge is 2.20. The molecule has 0 radical (unpaired) electrons. The molecule has 0 amide bonds. The van der Waals surface area contributed by atoms with Crippen molar-refractivity contribution >= 4 is 39.5 Å². The normalized spacial score (nSPS) is 13.4. The van der Waals surface area contributed by atoms with Gasteiger partial charge in [-0.25, -0.2) is 0 Å². The summed E-state index contributed by atoms with van der Waals surface area (Å²) in [5.74, 6) is 0. The summed E-state index contributed by atoms with van der Waals surface area (Å²) in [6.07, 6.45) is 1.07. The number of benzene rings is 3. The molecule has 3 nitrogen and oxygen atoms in total. The molecule has 29 heavy (non-hydrogen) atoms. The van der Waals surface area contributed by atoms with Crippen LogP contribution >= 0.6 is 12.2 Å². The van der Waals surface area contributed by atoms with Gasteiger partial charge in [-0.05, 0) is 70.2 Å². The van der Waals surface area contributed by atoms with Gasteiger partial charge in [-0.1, -0.05) is 57.2 Å². The van der Waals surface area contributed by atoms with Gasteiger partial charge in [0.25, 0.3) is 0 Å². The lowest BCUT2D eigenvalue weighted by Gasteiger charge is -2.21. The van der Waals surface area contributed by atoms with Crippen LogP contribution < -0.4 is 15.5 Å². The predicted molar refractivity (Wildman–Crippen MR) is 129 cm³/mol. The Morgan fingerprint density at radius 3 is 2.59 bits per heavy atom. The van der Waals surface area contributed by atoms with E-state index in [-0.39, 0.29) is 5.41 Å². The first-order chi connectivity index (χ1) is 13.9. The van der Waals surface area contributed by atoms with E-state index in [1.165, 1.54) is 27.6 Å². The van der Waals surface area contributed by atoms with Crippen LogP contribution in [0.3, 0.4) is 0 Å². The van der Waals surface area contributed by atoms with Crippen molar-refractivity contribution in [3.05, 3.63) is 71.8 Å². The van der Waals surface area contributed by atoms with Gasteiger partial charge in [0, 0.05) is 31.0 Å². The summed E-state index contributed by atoms with van der Waals surface area (Å²) in [6.45, 7) is 9.43. The zero-order valence-corrected chi connectivity index (χ0v) is 18.3. The molecular weight excluding hydrogens is 374 g/mol. The summed E-state index contributed by atoms with van der Waals surface area (Å²) in [7, 11) is 0. The number of hydrogen-bond donors (Lipinski definition) is 2. The van der Waals surface area contributed by atoms with E-state index in [1.807, 2.05) is 0 Å². The van der Waals surface area contributed by atoms with E-state index in [2.05, 4.69) is 97.0 Å². The fourth-order valence-electron chi connectivity index (χ4n) is 3.79. The van der Waals surface area contributed by atoms with Crippen molar-refractivity contribution < 1.29 is 0 Å². The molecule has 1 aliphatic rings. The predicted octanol–water partition coefficient (Wildman–Crippen LogP) is 5.74. The summed E-state index contributed by atoms with van der Waals surface area (Å²) in [4.78, 5) is 2.47. The first-order valence-corrected chi connectivity index (χ1v) is 10.7. The lowest BCUT2D eigenvalue weighted by molar-refractivity contribution is 0.409. The lowest BCUT2D eigenvalue weighted by atomic mass is 9.97. The van der Waals surface area contributed by atoms with Gasteiger partial charge in [-0.3, -0.25) is 0 Å². The molecule has 150 valence electrons. The number of anilines is 2. The van der Waals surface area contributed by atoms with Crippen molar-refractivity contribution in [2.24, 2.45) is 5.41 Å². The minimum atomic E-state index is 0.201. The summed E-state index contributed by atoms with van der Waals surface area (Å²) in [5, 5.41) is 9.92. The first-order valence-electron chi connectivity index (χ1n) is 10.3. The average molecular weight is 404 g/mol. The van der Waals surface area contributed by atoms with Crippen LogP contribution in [0.4, 0.5) is 11.4 Å². The molecule has 1 heterocycles. The first kappa shape index (κ1) is 19.7. The Hall–Kier alpha value is -2.59. The van der Waals surface area contributed by atoms with Gasteiger partial charge in [0.15, 0.2) is 5.11 Å². The minimum Gasteiger partial charge on any atom is -0.367 e. The smallest absolute Gasteiger partial charge is 0.170 e. The molecule has 4 heteroatoms. The maximum absolute atomic E-state index is 5.45. The van der Waals surface area contributed by atoms with Crippen molar-refractivity contribution in [1.29, 1.82) is 0 Å². The molecule has 0 aliphatic carbocycles. The van der Waals surface area contributed by atoms with Crippen LogP contribution in [-0.4, -0.2) is 18.2 Å². The lowest BCUT2D eigenvalue weighted by Crippen LogP contribution is -2.35. The molecule has 1 aliphatic heterocycles. The SMILES string of the molecule is CC(C)(C)CNC(=S)Nc1ccc2c(c1)CCN2Cc1ccc2ccccc2c1. The van der Waals surface area contributed by atoms with Crippen molar-refractivity contribution in [2.45, 2.75) is 33.7 Å². The third-order valence-corrected chi connectivity index (χ3v) is 5.54.